The molecule has 0 N–H and O–H groups in total. The molecule has 0 aliphatic heterocycles. The van der Waals surface area contributed by atoms with E-state index < -0.39 is 0 Å². The normalized spacial score (nSPS) is 24.8. The van der Waals surface area contributed by atoms with Crippen LogP contribution in [0.25, 0.3) is 0 Å². The van der Waals surface area contributed by atoms with Crippen molar-refractivity contribution in [3.8, 4) is 0 Å². The van der Waals surface area contributed by atoms with Crippen molar-refractivity contribution in [1.29, 1.82) is 0 Å². The van der Waals surface area contributed by atoms with Gasteiger partial charge >= 0.3 is 0 Å². The molecule has 2 rings (SSSR count). The molecule has 0 aromatic carbocycles. The zero-order valence-electron chi connectivity index (χ0n) is 10.7. The van der Waals surface area contributed by atoms with Crippen LogP contribution in [0.2, 0.25) is 5.28 Å². The van der Waals surface area contributed by atoms with Crippen molar-refractivity contribution in [2.24, 2.45) is 0 Å². The molecular formula is C12H20ClN3S. The Hall–Kier alpha value is -0.220. The van der Waals surface area contributed by atoms with Crippen molar-refractivity contribution in [3.63, 3.8) is 0 Å². The summed E-state index contributed by atoms with van der Waals surface area (Å²) in [6.45, 7) is 6.51. The molecule has 5 heteroatoms. The molecule has 0 bridgehead atoms. The van der Waals surface area contributed by atoms with E-state index >= 15 is 0 Å². The van der Waals surface area contributed by atoms with Crippen molar-refractivity contribution >= 4 is 23.4 Å². The Balaban J connectivity index is 2.29. The summed E-state index contributed by atoms with van der Waals surface area (Å²) in [7, 11) is 0. The average molecular weight is 274 g/mol. The molecule has 1 fully saturated rings. The fourth-order valence-corrected chi connectivity index (χ4v) is 4.09. The lowest BCUT2D eigenvalue weighted by molar-refractivity contribution is 0.495. The standard InChI is InChI=1S/C12H20ClN3S/c1-4-17-10-7-5-6-9(10)16-11(8(2)3)14-15-12(16)13/h8-10H,4-7H2,1-3H3. The van der Waals surface area contributed by atoms with Gasteiger partial charge in [0.1, 0.15) is 5.82 Å². The summed E-state index contributed by atoms with van der Waals surface area (Å²) in [6.07, 6.45) is 3.78. The number of halogens is 1. The minimum absolute atomic E-state index is 0.378. The molecule has 1 saturated carbocycles. The van der Waals surface area contributed by atoms with Crippen LogP contribution in [0.15, 0.2) is 0 Å². The second kappa shape index (κ2) is 5.61. The first-order valence-electron chi connectivity index (χ1n) is 6.37. The first-order chi connectivity index (χ1) is 8.15. The number of rotatable bonds is 4. The maximum Gasteiger partial charge on any atom is 0.225 e. The monoisotopic (exact) mass is 273 g/mol. The van der Waals surface area contributed by atoms with Gasteiger partial charge in [-0.3, -0.25) is 4.57 Å². The summed E-state index contributed by atoms with van der Waals surface area (Å²) < 4.78 is 2.17. The van der Waals surface area contributed by atoms with Crippen LogP contribution in [0.4, 0.5) is 0 Å². The van der Waals surface area contributed by atoms with Gasteiger partial charge in [0.05, 0.1) is 0 Å². The Morgan fingerprint density at radius 2 is 2.18 bits per heavy atom. The van der Waals surface area contributed by atoms with Crippen LogP contribution in [0.3, 0.4) is 0 Å². The van der Waals surface area contributed by atoms with Gasteiger partial charge < -0.3 is 0 Å². The topological polar surface area (TPSA) is 30.7 Å². The van der Waals surface area contributed by atoms with E-state index in [-0.39, 0.29) is 0 Å². The molecular weight excluding hydrogens is 254 g/mol. The summed E-state index contributed by atoms with van der Waals surface area (Å²) in [5.74, 6) is 2.57. The Morgan fingerprint density at radius 3 is 2.82 bits per heavy atom. The van der Waals surface area contributed by atoms with Gasteiger partial charge in [-0.15, -0.1) is 10.2 Å². The largest absolute Gasteiger partial charge is 0.297 e. The average Bonchev–Trinajstić information content (AvgIpc) is 2.85. The van der Waals surface area contributed by atoms with Crippen LogP contribution in [-0.2, 0) is 0 Å². The molecule has 0 spiro atoms. The van der Waals surface area contributed by atoms with Crippen molar-refractivity contribution < 1.29 is 0 Å². The fraction of sp³-hybridized carbons (Fsp3) is 0.833. The molecule has 1 aromatic rings. The van der Waals surface area contributed by atoms with Crippen LogP contribution >= 0.6 is 23.4 Å². The number of thioether (sulfide) groups is 1. The van der Waals surface area contributed by atoms with Gasteiger partial charge in [0.15, 0.2) is 0 Å². The molecule has 3 nitrogen and oxygen atoms in total. The van der Waals surface area contributed by atoms with E-state index in [1.807, 2.05) is 11.8 Å². The Labute approximate surface area is 112 Å². The van der Waals surface area contributed by atoms with Crippen molar-refractivity contribution in [2.45, 2.75) is 57.2 Å². The maximum atomic E-state index is 6.21. The molecule has 0 saturated heterocycles. The highest BCUT2D eigenvalue weighted by molar-refractivity contribution is 7.99. The van der Waals surface area contributed by atoms with E-state index in [2.05, 4.69) is 35.5 Å². The highest BCUT2D eigenvalue weighted by atomic mass is 35.5. The van der Waals surface area contributed by atoms with Gasteiger partial charge in [-0.25, -0.2) is 0 Å². The highest BCUT2D eigenvalue weighted by Gasteiger charge is 2.32. The van der Waals surface area contributed by atoms with Crippen LogP contribution in [0.1, 0.15) is 57.8 Å². The Kier molecular flexibility index (Phi) is 4.36. The number of hydrogen-bond acceptors (Lipinski definition) is 3. The van der Waals surface area contributed by atoms with Crippen LogP contribution in [0.5, 0.6) is 0 Å². The molecule has 2 atom stereocenters. The van der Waals surface area contributed by atoms with Gasteiger partial charge in [-0.1, -0.05) is 27.2 Å². The second-order valence-corrected chi connectivity index (χ2v) is 6.70. The van der Waals surface area contributed by atoms with E-state index in [1.165, 1.54) is 19.3 Å². The molecule has 0 radical (unpaired) electrons. The molecule has 96 valence electrons. The fourth-order valence-electron chi connectivity index (χ4n) is 2.59. The molecule has 17 heavy (non-hydrogen) atoms. The van der Waals surface area contributed by atoms with Crippen molar-refractivity contribution in [3.05, 3.63) is 11.1 Å². The van der Waals surface area contributed by atoms with E-state index in [4.69, 9.17) is 11.6 Å². The lowest BCUT2D eigenvalue weighted by Gasteiger charge is -2.23. The van der Waals surface area contributed by atoms with E-state index in [9.17, 15) is 0 Å². The highest BCUT2D eigenvalue weighted by Crippen LogP contribution is 2.40. The minimum Gasteiger partial charge on any atom is -0.297 e. The summed E-state index contributed by atoms with van der Waals surface area (Å²) in [5, 5.41) is 9.50. The van der Waals surface area contributed by atoms with E-state index in [0.717, 1.165) is 11.6 Å². The maximum absolute atomic E-state index is 6.21. The molecule has 0 amide bonds. The van der Waals surface area contributed by atoms with E-state index in [1.54, 1.807) is 0 Å². The van der Waals surface area contributed by atoms with Gasteiger partial charge in [-0.2, -0.15) is 11.8 Å². The molecule has 1 aliphatic rings. The summed E-state index contributed by atoms with van der Waals surface area (Å²) in [6, 6.07) is 0.486. The van der Waals surface area contributed by atoms with E-state index in [0.29, 0.717) is 22.5 Å². The van der Waals surface area contributed by atoms with Gasteiger partial charge in [-0.05, 0) is 30.2 Å². The van der Waals surface area contributed by atoms with Crippen molar-refractivity contribution in [2.75, 3.05) is 5.75 Å². The minimum atomic E-state index is 0.378. The van der Waals surface area contributed by atoms with Gasteiger partial charge in [0, 0.05) is 17.2 Å². The van der Waals surface area contributed by atoms with Gasteiger partial charge in [0.2, 0.25) is 5.28 Å². The smallest absolute Gasteiger partial charge is 0.225 e. The molecule has 1 aliphatic carbocycles. The molecule has 1 aromatic heterocycles. The Morgan fingerprint density at radius 1 is 1.41 bits per heavy atom. The third-order valence-electron chi connectivity index (χ3n) is 3.33. The third-order valence-corrected chi connectivity index (χ3v) is 4.90. The summed E-state index contributed by atoms with van der Waals surface area (Å²) in [4.78, 5) is 0. The first kappa shape index (κ1) is 13.2. The summed E-state index contributed by atoms with van der Waals surface area (Å²) in [5.41, 5.74) is 0. The number of aromatic nitrogens is 3. The van der Waals surface area contributed by atoms with Crippen LogP contribution in [0, 0.1) is 0 Å². The lowest BCUT2D eigenvalue weighted by Crippen LogP contribution is -2.19. The van der Waals surface area contributed by atoms with Crippen molar-refractivity contribution in [1.82, 2.24) is 14.8 Å². The summed E-state index contributed by atoms with van der Waals surface area (Å²) >= 11 is 8.25. The number of hydrogen-bond donors (Lipinski definition) is 0. The predicted octanol–water partition coefficient (Wildman–Crippen LogP) is 3.90. The first-order valence-corrected chi connectivity index (χ1v) is 7.79. The second-order valence-electron chi connectivity index (χ2n) is 4.84. The van der Waals surface area contributed by atoms with Gasteiger partial charge in [0.25, 0.3) is 0 Å². The van der Waals surface area contributed by atoms with Crippen LogP contribution in [-0.4, -0.2) is 25.8 Å². The Bertz CT molecular complexity index is 378. The quantitative estimate of drug-likeness (QED) is 0.834. The predicted molar refractivity (Wildman–Crippen MR) is 73.9 cm³/mol. The number of nitrogens with zero attached hydrogens (tertiary/aromatic N) is 3. The SMILES string of the molecule is CCSC1CCCC1n1c(Cl)nnc1C(C)C. The lowest BCUT2D eigenvalue weighted by atomic mass is 10.1. The third kappa shape index (κ3) is 2.63. The molecule has 2 unspecified atom stereocenters. The zero-order valence-corrected chi connectivity index (χ0v) is 12.3. The molecule has 1 heterocycles. The van der Waals surface area contributed by atoms with Crippen LogP contribution < -0.4 is 0 Å². The zero-order chi connectivity index (χ0) is 12.4.